The van der Waals surface area contributed by atoms with Crippen molar-refractivity contribution in [1.29, 1.82) is 0 Å². The summed E-state index contributed by atoms with van der Waals surface area (Å²) < 4.78 is 38.7. The molecule has 0 bridgehead atoms. The largest absolute Gasteiger partial charge is 0.493 e. The van der Waals surface area contributed by atoms with E-state index in [-0.39, 0.29) is 16.5 Å². The summed E-state index contributed by atoms with van der Waals surface area (Å²) in [6.07, 6.45) is -0.884. The lowest BCUT2D eigenvalue weighted by Crippen LogP contribution is -2.31. The van der Waals surface area contributed by atoms with Crippen LogP contribution in [-0.2, 0) is 10.7 Å². The SMILES string of the molecule is COc1cc(Cl)c(C(F)(F)CC(C)(C)C(=O)O)cc1OC. The molecule has 21 heavy (non-hydrogen) atoms. The maximum Gasteiger partial charge on any atom is 0.309 e. The second kappa shape index (κ2) is 6.05. The van der Waals surface area contributed by atoms with Gasteiger partial charge in [-0.15, -0.1) is 0 Å². The standard InChI is InChI=1S/C14H17ClF2O4/c1-13(2,12(18)19)7-14(16,17)8-5-10(20-3)11(21-4)6-9(8)15/h5-6H,7H2,1-4H3,(H,18,19). The van der Waals surface area contributed by atoms with E-state index in [9.17, 15) is 13.6 Å². The van der Waals surface area contributed by atoms with Crippen molar-refractivity contribution in [1.82, 2.24) is 0 Å². The number of hydrogen-bond donors (Lipinski definition) is 1. The van der Waals surface area contributed by atoms with Crippen molar-refractivity contribution in [2.45, 2.75) is 26.2 Å². The van der Waals surface area contributed by atoms with E-state index in [4.69, 9.17) is 26.2 Å². The fraction of sp³-hybridized carbons (Fsp3) is 0.500. The van der Waals surface area contributed by atoms with Crippen LogP contribution < -0.4 is 9.47 Å². The Balaban J connectivity index is 3.28. The summed E-state index contributed by atoms with van der Waals surface area (Å²) in [6, 6.07) is 2.29. The topological polar surface area (TPSA) is 55.8 Å². The molecule has 0 saturated heterocycles. The van der Waals surface area contributed by atoms with Crippen LogP contribution in [0.5, 0.6) is 11.5 Å². The number of hydrogen-bond acceptors (Lipinski definition) is 3. The van der Waals surface area contributed by atoms with Crippen LogP contribution in [0, 0.1) is 5.41 Å². The van der Waals surface area contributed by atoms with Gasteiger partial charge in [0.1, 0.15) is 0 Å². The first-order valence-corrected chi connectivity index (χ1v) is 6.46. The summed E-state index contributed by atoms with van der Waals surface area (Å²) in [5.74, 6) is -4.40. The van der Waals surface area contributed by atoms with E-state index in [0.29, 0.717) is 0 Å². The third-order valence-corrected chi connectivity index (χ3v) is 3.42. The highest BCUT2D eigenvalue weighted by Gasteiger charge is 2.44. The monoisotopic (exact) mass is 322 g/mol. The van der Waals surface area contributed by atoms with Crippen LogP contribution in [0.3, 0.4) is 0 Å². The molecule has 1 N–H and O–H groups in total. The predicted molar refractivity (Wildman–Crippen MR) is 74.5 cm³/mol. The number of carboxylic acid groups (broad SMARTS) is 1. The Morgan fingerprint density at radius 2 is 1.71 bits per heavy atom. The lowest BCUT2D eigenvalue weighted by atomic mass is 9.84. The van der Waals surface area contributed by atoms with E-state index in [0.717, 1.165) is 6.07 Å². The Labute approximate surface area is 126 Å². The normalized spacial score (nSPS) is 12.1. The number of halogens is 3. The van der Waals surface area contributed by atoms with Gasteiger partial charge in [0, 0.05) is 18.1 Å². The molecule has 0 aliphatic carbocycles. The Morgan fingerprint density at radius 3 is 2.14 bits per heavy atom. The molecular formula is C14H17ClF2O4. The quantitative estimate of drug-likeness (QED) is 0.861. The van der Waals surface area contributed by atoms with Gasteiger partial charge in [0.05, 0.1) is 24.7 Å². The number of ether oxygens (including phenoxy) is 2. The highest BCUT2D eigenvalue weighted by Crippen LogP contribution is 2.45. The number of carbonyl (C=O) groups is 1. The Morgan fingerprint density at radius 1 is 1.24 bits per heavy atom. The molecule has 0 spiro atoms. The zero-order chi connectivity index (χ0) is 16.4. The van der Waals surface area contributed by atoms with Crippen LogP contribution in [-0.4, -0.2) is 25.3 Å². The third-order valence-electron chi connectivity index (χ3n) is 3.11. The van der Waals surface area contributed by atoms with Crippen molar-refractivity contribution in [3.8, 4) is 11.5 Å². The van der Waals surface area contributed by atoms with Gasteiger partial charge >= 0.3 is 5.97 Å². The second-order valence-electron chi connectivity index (χ2n) is 5.26. The molecule has 4 nitrogen and oxygen atoms in total. The number of carboxylic acids is 1. The van der Waals surface area contributed by atoms with Crippen molar-refractivity contribution in [2.24, 2.45) is 5.41 Å². The Kier molecular flexibility index (Phi) is 5.04. The minimum atomic E-state index is -3.42. The summed E-state index contributed by atoms with van der Waals surface area (Å²) in [5.41, 5.74) is -2.09. The summed E-state index contributed by atoms with van der Waals surface area (Å²) in [6.45, 7) is 2.47. The first kappa shape index (κ1) is 17.5. The maximum absolute atomic E-state index is 14.4. The molecule has 0 unspecified atom stereocenters. The molecule has 0 aliphatic heterocycles. The molecule has 0 saturated carbocycles. The van der Waals surface area contributed by atoms with Gasteiger partial charge < -0.3 is 14.6 Å². The number of alkyl halides is 2. The van der Waals surface area contributed by atoms with Gasteiger partial charge in [0.15, 0.2) is 11.5 Å². The van der Waals surface area contributed by atoms with Crippen LogP contribution >= 0.6 is 11.6 Å². The average Bonchev–Trinajstić information content (AvgIpc) is 2.36. The van der Waals surface area contributed by atoms with Gasteiger partial charge in [-0.2, -0.15) is 0 Å². The van der Waals surface area contributed by atoms with Crippen molar-refractivity contribution in [2.75, 3.05) is 14.2 Å². The number of aliphatic carboxylic acids is 1. The number of methoxy groups -OCH3 is 2. The van der Waals surface area contributed by atoms with Crippen LogP contribution in [0.15, 0.2) is 12.1 Å². The number of rotatable bonds is 6. The molecule has 1 rings (SSSR count). The van der Waals surface area contributed by atoms with Crippen molar-refractivity contribution in [3.63, 3.8) is 0 Å². The summed E-state index contributed by atoms with van der Waals surface area (Å²) in [4.78, 5) is 11.0. The van der Waals surface area contributed by atoms with E-state index in [1.165, 1.54) is 34.1 Å². The molecule has 0 radical (unpaired) electrons. The smallest absolute Gasteiger partial charge is 0.309 e. The molecule has 7 heteroatoms. The van der Waals surface area contributed by atoms with Gasteiger partial charge in [-0.1, -0.05) is 11.6 Å². The summed E-state index contributed by atoms with van der Waals surface area (Å²) in [7, 11) is 2.68. The van der Waals surface area contributed by atoms with Gasteiger partial charge in [-0.05, 0) is 19.9 Å². The van der Waals surface area contributed by atoms with Gasteiger partial charge in [0.25, 0.3) is 5.92 Å². The fourth-order valence-electron chi connectivity index (χ4n) is 1.86. The molecule has 0 heterocycles. The van der Waals surface area contributed by atoms with E-state index < -0.39 is 29.3 Å². The van der Waals surface area contributed by atoms with Crippen molar-refractivity contribution < 1.29 is 28.2 Å². The van der Waals surface area contributed by atoms with Gasteiger partial charge in [-0.25, -0.2) is 8.78 Å². The van der Waals surface area contributed by atoms with Crippen LogP contribution in [0.25, 0.3) is 0 Å². The predicted octanol–water partition coefficient (Wildman–Crippen LogP) is 3.95. The highest BCUT2D eigenvalue weighted by atomic mass is 35.5. The van der Waals surface area contributed by atoms with Crippen LogP contribution in [0.4, 0.5) is 8.78 Å². The van der Waals surface area contributed by atoms with E-state index in [1.54, 1.807) is 0 Å². The highest BCUT2D eigenvalue weighted by molar-refractivity contribution is 6.31. The minimum absolute atomic E-state index is 0.102. The molecule has 1 aromatic carbocycles. The lowest BCUT2D eigenvalue weighted by Gasteiger charge is -2.27. The maximum atomic E-state index is 14.4. The Hall–Kier alpha value is -1.56. The molecule has 1 aromatic rings. The van der Waals surface area contributed by atoms with Crippen LogP contribution in [0.2, 0.25) is 5.02 Å². The molecular weight excluding hydrogens is 306 g/mol. The molecule has 118 valence electrons. The zero-order valence-electron chi connectivity index (χ0n) is 12.2. The first-order valence-electron chi connectivity index (χ1n) is 6.08. The third kappa shape index (κ3) is 3.75. The second-order valence-corrected chi connectivity index (χ2v) is 5.66. The minimum Gasteiger partial charge on any atom is -0.493 e. The van der Waals surface area contributed by atoms with E-state index >= 15 is 0 Å². The molecule has 0 aliphatic rings. The summed E-state index contributed by atoms with van der Waals surface area (Å²) in [5, 5.41) is 8.78. The number of benzene rings is 1. The van der Waals surface area contributed by atoms with Crippen molar-refractivity contribution in [3.05, 3.63) is 22.7 Å². The fourth-order valence-corrected chi connectivity index (χ4v) is 2.15. The van der Waals surface area contributed by atoms with E-state index in [2.05, 4.69) is 0 Å². The zero-order valence-corrected chi connectivity index (χ0v) is 12.9. The molecule has 0 aromatic heterocycles. The average molecular weight is 323 g/mol. The van der Waals surface area contributed by atoms with Crippen molar-refractivity contribution >= 4 is 17.6 Å². The first-order chi connectivity index (χ1) is 9.55. The molecule has 0 amide bonds. The molecule has 0 atom stereocenters. The lowest BCUT2D eigenvalue weighted by molar-refractivity contribution is -0.153. The van der Waals surface area contributed by atoms with Crippen LogP contribution in [0.1, 0.15) is 25.8 Å². The summed E-state index contributed by atoms with van der Waals surface area (Å²) >= 11 is 5.87. The van der Waals surface area contributed by atoms with Gasteiger partial charge in [0.2, 0.25) is 0 Å². The Bertz CT molecular complexity index is 544. The van der Waals surface area contributed by atoms with Gasteiger partial charge in [-0.3, -0.25) is 4.79 Å². The molecule has 0 fully saturated rings. The van der Waals surface area contributed by atoms with E-state index in [1.807, 2.05) is 0 Å².